The van der Waals surface area contributed by atoms with Crippen LogP contribution >= 0.6 is 0 Å². The molecule has 5 nitrogen and oxygen atoms in total. The van der Waals surface area contributed by atoms with E-state index in [1.165, 1.54) is 7.05 Å². The van der Waals surface area contributed by atoms with Crippen LogP contribution in [0.1, 0.15) is 6.92 Å². The number of carbonyl (C=O) groups is 3. The number of imide groups is 2. The van der Waals surface area contributed by atoms with Crippen LogP contribution in [0.5, 0.6) is 0 Å². The van der Waals surface area contributed by atoms with Gasteiger partial charge in [-0.2, -0.15) is 0 Å². The highest BCUT2D eigenvalue weighted by atomic mass is 16.2. The summed E-state index contributed by atoms with van der Waals surface area (Å²) in [6.45, 7) is 5.35. The van der Waals surface area contributed by atoms with Crippen LogP contribution in [0.2, 0.25) is 0 Å². The van der Waals surface area contributed by atoms with Gasteiger partial charge in [0.25, 0.3) is 0 Å². The molecular formula is C8H10N2O3. The van der Waals surface area contributed by atoms with Gasteiger partial charge in [-0.15, -0.1) is 0 Å². The first-order valence-corrected chi connectivity index (χ1v) is 3.73. The van der Waals surface area contributed by atoms with Crippen LogP contribution < -0.4 is 0 Å². The van der Waals surface area contributed by atoms with Crippen LogP contribution in [0.3, 0.4) is 0 Å². The average Bonchev–Trinajstić information content (AvgIpc) is 2.22. The van der Waals surface area contributed by atoms with E-state index >= 15 is 0 Å². The van der Waals surface area contributed by atoms with Gasteiger partial charge in [0, 0.05) is 7.05 Å². The molecule has 4 amide bonds. The summed E-state index contributed by atoms with van der Waals surface area (Å²) in [5.41, 5.74) is 0.657. The molecule has 0 N–H and O–H groups in total. The highest BCUT2D eigenvalue weighted by Crippen LogP contribution is 2.10. The molecule has 0 aromatic heterocycles. The van der Waals surface area contributed by atoms with E-state index in [-0.39, 0.29) is 6.54 Å². The smallest absolute Gasteiger partial charge is 0.263 e. The first kappa shape index (κ1) is 9.44. The molecule has 1 fully saturated rings. The fourth-order valence-electron chi connectivity index (χ4n) is 1.02. The number of amides is 4. The Hall–Kier alpha value is -1.65. The van der Waals surface area contributed by atoms with E-state index in [0.717, 1.165) is 9.80 Å². The second-order valence-electron chi connectivity index (χ2n) is 3.00. The Kier molecular flexibility index (Phi) is 2.18. The molecule has 0 aromatic carbocycles. The van der Waals surface area contributed by atoms with Gasteiger partial charge < -0.3 is 0 Å². The van der Waals surface area contributed by atoms with Gasteiger partial charge in [-0.3, -0.25) is 19.4 Å². The Balaban J connectivity index is 2.88. The fraction of sp³-hybridized carbons (Fsp3) is 0.375. The van der Waals surface area contributed by atoms with Crippen molar-refractivity contribution >= 4 is 17.8 Å². The molecule has 0 aromatic rings. The van der Waals surface area contributed by atoms with Gasteiger partial charge in [0.15, 0.2) is 0 Å². The minimum atomic E-state index is -0.786. The molecule has 70 valence electrons. The van der Waals surface area contributed by atoms with Gasteiger partial charge in [-0.05, 0) is 6.92 Å². The first-order chi connectivity index (χ1) is 5.95. The molecule has 13 heavy (non-hydrogen) atoms. The molecule has 0 unspecified atom stereocenters. The lowest BCUT2D eigenvalue weighted by Gasteiger charge is -2.11. The molecule has 1 rings (SSSR count). The van der Waals surface area contributed by atoms with Crippen molar-refractivity contribution in [3.63, 3.8) is 0 Å². The second-order valence-corrected chi connectivity index (χ2v) is 3.00. The lowest BCUT2D eigenvalue weighted by molar-refractivity contribution is -0.142. The van der Waals surface area contributed by atoms with Crippen LogP contribution in [-0.4, -0.2) is 41.2 Å². The lowest BCUT2D eigenvalue weighted by atomic mass is 10.3. The maximum absolute atomic E-state index is 11.2. The van der Waals surface area contributed by atoms with Crippen molar-refractivity contribution in [3.8, 4) is 0 Å². The summed E-state index contributed by atoms with van der Waals surface area (Å²) in [6, 6.07) is -0.585. The summed E-state index contributed by atoms with van der Waals surface area (Å²) in [6.07, 6.45) is 0. The van der Waals surface area contributed by atoms with Crippen LogP contribution in [-0.2, 0) is 9.59 Å². The molecule has 0 saturated carbocycles. The van der Waals surface area contributed by atoms with Gasteiger partial charge in [0.2, 0.25) is 0 Å². The summed E-state index contributed by atoms with van der Waals surface area (Å²) in [4.78, 5) is 35.0. The Morgan fingerprint density at radius 3 is 2.15 bits per heavy atom. The summed E-state index contributed by atoms with van der Waals surface area (Å²) < 4.78 is 0. The molecule has 0 spiro atoms. The molecule has 1 saturated heterocycles. The van der Waals surface area contributed by atoms with Crippen molar-refractivity contribution in [2.24, 2.45) is 0 Å². The van der Waals surface area contributed by atoms with Crippen LogP contribution in [0.4, 0.5) is 4.79 Å². The number of hydrogen-bond donors (Lipinski definition) is 0. The summed E-state index contributed by atoms with van der Waals surface area (Å²) in [7, 11) is 1.28. The normalized spacial score (nSPS) is 17.2. The number of urea groups is 1. The van der Waals surface area contributed by atoms with Crippen molar-refractivity contribution in [1.29, 1.82) is 0 Å². The number of carbonyl (C=O) groups excluding carboxylic acids is 3. The molecular weight excluding hydrogens is 172 g/mol. The minimum absolute atomic E-state index is 0.105. The number of rotatable bonds is 2. The third-order valence-corrected chi connectivity index (χ3v) is 1.68. The zero-order valence-electron chi connectivity index (χ0n) is 7.53. The Morgan fingerprint density at radius 2 is 1.85 bits per heavy atom. The predicted molar refractivity (Wildman–Crippen MR) is 44.7 cm³/mol. The van der Waals surface area contributed by atoms with Crippen LogP contribution in [0.15, 0.2) is 12.2 Å². The lowest BCUT2D eigenvalue weighted by Crippen LogP contribution is -2.32. The quantitative estimate of drug-likeness (QED) is 0.342. The number of likely N-dealkylation sites (N-methyl/N-ethyl adjacent to an activating group) is 1. The van der Waals surface area contributed by atoms with E-state index < -0.39 is 17.8 Å². The maximum Gasteiger partial charge on any atom is 0.334 e. The largest absolute Gasteiger partial charge is 0.334 e. The first-order valence-electron chi connectivity index (χ1n) is 3.73. The Morgan fingerprint density at radius 1 is 1.31 bits per heavy atom. The number of hydrogen-bond acceptors (Lipinski definition) is 3. The summed E-state index contributed by atoms with van der Waals surface area (Å²) in [5.74, 6) is -1.57. The van der Waals surface area contributed by atoms with Gasteiger partial charge in [0.05, 0.1) is 6.54 Å². The molecule has 0 bridgehead atoms. The highest BCUT2D eigenvalue weighted by molar-refractivity contribution is 6.44. The molecule has 5 heteroatoms. The predicted octanol–water partition coefficient (Wildman–Crippen LogP) is -0.0169. The highest BCUT2D eigenvalue weighted by Gasteiger charge is 2.41. The Bertz CT molecular complexity index is 309. The van der Waals surface area contributed by atoms with Gasteiger partial charge in [-0.1, -0.05) is 12.2 Å². The van der Waals surface area contributed by atoms with E-state index in [2.05, 4.69) is 6.58 Å². The average molecular weight is 182 g/mol. The third kappa shape index (κ3) is 1.44. The van der Waals surface area contributed by atoms with Crippen molar-refractivity contribution in [2.75, 3.05) is 13.6 Å². The van der Waals surface area contributed by atoms with Crippen molar-refractivity contribution in [1.82, 2.24) is 9.80 Å². The minimum Gasteiger partial charge on any atom is -0.263 e. The SMILES string of the molecule is C=C(C)CN1C(=O)C(=O)N(C)C1=O. The van der Waals surface area contributed by atoms with E-state index in [0.29, 0.717) is 5.57 Å². The molecule has 1 aliphatic heterocycles. The number of nitrogens with zero attached hydrogens (tertiary/aromatic N) is 2. The van der Waals surface area contributed by atoms with E-state index in [4.69, 9.17) is 0 Å². The molecule has 1 aliphatic rings. The van der Waals surface area contributed by atoms with E-state index in [1.807, 2.05) is 0 Å². The summed E-state index contributed by atoms with van der Waals surface area (Å²) >= 11 is 0. The standard InChI is InChI=1S/C8H10N2O3/c1-5(2)4-10-7(12)6(11)9(3)8(10)13/h1,4H2,2-3H3. The van der Waals surface area contributed by atoms with Crippen LogP contribution in [0.25, 0.3) is 0 Å². The second kappa shape index (κ2) is 3.01. The van der Waals surface area contributed by atoms with Crippen molar-refractivity contribution < 1.29 is 14.4 Å². The monoisotopic (exact) mass is 182 g/mol. The maximum atomic E-state index is 11.2. The van der Waals surface area contributed by atoms with Crippen LogP contribution in [0, 0.1) is 0 Å². The van der Waals surface area contributed by atoms with E-state index in [9.17, 15) is 14.4 Å². The summed E-state index contributed by atoms with van der Waals surface area (Å²) in [5, 5.41) is 0. The van der Waals surface area contributed by atoms with Gasteiger partial charge in [-0.25, -0.2) is 4.79 Å². The van der Waals surface area contributed by atoms with Gasteiger partial charge in [0.1, 0.15) is 0 Å². The molecule has 1 heterocycles. The zero-order chi connectivity index (χ0) is 10.2. The molecule has 0 atom stereocenters. The third-order valence-electron chi connectivity index (χ3n) is 1.68. The van der Waals surface area contributed by atoms with E-state index in [1.54, 1.807) is 6.92 Å². The zero-order valence-corrected chi connectivity index (χ0v) is 7.53. The van der Waals surface area contributed by atoms with Gasteiger partial charge >= 0.3 is 17.8 Å². The molecule has 0 radical (unpaired) electrons. The topological polar surface area (TPSA) is 57.7 Å². The van der Waals surface area contributed by atoms with Crippen molar-refractivity contribution in [3.05, 3.63) is 12.2 Å². The van der Waals surface area contributed by atoms with Crippen molar-refractivity contribution in [2.45, 2.75) is 6.92 Å². The Labute approximate surface area is 75.6 Å². The molecule has 0 aliphatic carbocycles. The fourth-order valence-corrected chi connectivity index (χ4v) is 1.02.